The van der Waals surface area contributed by atoms with E-state index in [1.165, 1.54) is 4.57 Å². The van der Waals surface area contributed by atoms with Gasteiger partial charge in [0, 0.05) is 18.2 Å². The first-order valence-corrected chi connectivity index (χ1v) is 8.46. The predicted molar refractivity (Wildman–Crippen MR) is 94.8 cm³/mol. The number of carbonyl (C=O) groups excluding carboxylic acids is 1. The number of rotatable bonds is 4. The van der Waals surface area contributed by atoms with E-state index in [0.29, 0.717) is 28.7 Å². The van der Waals surface area contributed by atoms with Gasteiger partial charge in [-0.05, 0) is 37.3 Å². The maximum absolute atomic E-state index is 12.4. The number of nitrogens with zero attached hydrogens (tertiary/aromatic N) is 3. The molecule has 4 aromatic rings. The quantitative estimate of drug-likeness (QED) is 0.608. The van der Waals surface area contributed by atoms with Gasteiger partial charge in [0.25, 0.3) is 5.91 Å². The molecule has 0 aliphatic carbocycles. The van der Waals surface area contributed by atoms with E-state index in [0.717, 1.165) is 17.2 Å². The molecule has 2 heterocycles. The number of fused-ring (bicyclic) bond motifs is 2. The van der Waals surface area contributed by atoms with Crippen molar-refractivity contribution in [2.24, 2.45) is 0 Å². The van der Waals surface area contributed by atoms with Crippen molar-refractivity contribution in [3.05, 3.63) is 58.6 Å². The molecule has 1 N–H and O–H groups in total. The van der Waals surface area contributed by atoms with E-state index in [-0.39, 0.29) is 11.9 Å². The lowest BCUT2D eigenvalue weighted by Gasteiger charge is -2.14. The molecule has 7 nitrogen and oxygen atoms in total. The van der Waals surface area contributed by atoms with Crippen LogP contribution in [0.4, 0.5) is 0 Å². The highest BCUT2D eigenvalue weighted by Crippen LogP contribution is 2.14. The highest BCUT2D eigenvalue weighted by molar-refractivity contribution is 7.00. The van der Waals surface area contributed by atoms with E-state index < -0.39 is 5.76 Å². The van der Waals surface area contributed by atoms with Crippen LogP contribution in [0, 0.1) is 0 Å². The second-order valence-corrected chi connectivity index (χ2v) is 6.32. The third-order valence-electron chi connectivity index (χ3n) is 3.92. The normalized spacial score (nSPS) is 12.5. The average molecular weight is 354 g/mol. The largest absolute Gasteiger partial charge is 0.420 e. The van der Waals surface area contributed by atoms with Crippen molar-refractivity contribution in [2.45, 2.75) is 19.5 Å². The molecule has 25 heavy (non-hydrogen) atoms. The van der Waals surface area contributed by atoms with E-state index in [4.69, 9.17) is 4.42 Å². The predicted octanol–water partition coefficient (Wildman–Crippen LogP) is 2.42. The molecule has 0 unspecified atom stereocenters. The number of nitrogens with one attached hydrogen (secondary N) is 1. The summed E-state index contributed by atoms with van der Waals surface area (Å²) in [5.41, 5.74) is 3.22. The summed E-state index contributed by atoms with van der Waals surface area (Å²) in [4.78, 5) is 24.4. The van der Waals surface area contributed by atoms with Crippen LogP contribution in [0.25, 0.3) is 22.1 Å². The zero-order valence-electron chi connectivity index (χ0n) is 13.3. The Hall–Kier alpha value is -3.00. The molecule has 0 fully saturated rings. The first-order chi connectivity index (χ1) is 12.1. The molecule has 0 radical (unpaired) electrons. The van der Waals surface area contributed by atoms with Crippen molar-refractivity contribution in [1.82, 2.24) is 18.6 Å². The van der Waals surface area contributed by atoms with Gasteiger partial charge in [0.05, 0.1) is 17.2 Å². The Kier molecular flexibility index (Phi) is 3.81. The van der Waals surface area contributed by atoms with E-state index in [1.54, 1.807) is 24.3 Å². The first kappa shape index (κ1) is 15.5. The Labute approximate surface area is 146 Å². The molecular weight excluding hydrogens is 340 g/mol. The number of aromatic nitrogens is 3. The number of para-hydroxylation sites is 2. The van der Waals surface area contributed by atoms with Crippen LogP contribution in [0.1, 0.15) is 17.3 Å². The summed E-state index contributed by atoms with van der Waals surface area (Å²) in [6.07, 6.45) is 0. The van der Waals surface area contributed by atoms with Crippen molar-refractivity contribution in [3.8, 4) is 0 Å². The molecule has 2 aromatic carbocycles. The lowest BCUT2D eigenvalue weighted by molar-refractivity contribution is 0.0936. The fraction of sp³-hybridized carbons (Fsp3) is 0.176. The molecule has 0 aliphatic rings. The monoisotopic (exact) mass is 354 g/mol. The minimum Gasteiger partial charge on any atom is -0.408 e. The van der Waals surface area contributed by atoms with Gasteiger partial charge in [0.2, 0.25) is 0 Å². The van der Waals surface area contributed by atoms with Gasteiger partial charge < -0.3 is 9.73 Å². The van der Waals surface area contributed by atoms with Crippen molar-refractivity contribution < 1.29 is 9.21 Å². The zero-order valence-corrected chi connectivity index (χ0v) is 14.1. The van der Waals surface area contributed by atoms with Crippen LogP contribution < -0.4 is 11.1 Å². The molecule has 4 rings (SSSR count). The van der Waals surface area contributed by atoms with E-state index in [2.05, 4.69) is 14.1 Å². The minimum absolute atomic E-state index is 0.219. The highest BCUT2D eigenvalue weighted by atomic mass is 32.1. The van der Waals surface area contributed by atoms with Crippen molar-refractivity contribution in [3.63, 3.8) is 0 Å². The van der Waals surface area contributed by atoms with Crippen LogP contribution in [-0.2, 0) is 6.54 Å². The summed E-state index contributed by atoms with van der Waals surface area (Å²) < 4.78 is 15.0. The van der Waals surface area contributed by atoms with Crippen LogP contribution in [0.15, 0.2) is 51.7 Å². The van der Waals surface area contributed by atoms with Gasteiger partial charge >= 0.3 is 5.76 Å². The summed E-state index contributed by atoms with van der Waals surface area (Å²) in [7, 11) is 0. The van der Waals surface area contributed by atoms with Gasteiger partial charge in [0.15, 0.2) is 5.58 Å². The van der Waals surface area contributed by atoms with Crippen molar-refractivity contribution >= 4 is 39.8 Å². The van der Waals surface area contributed by atoms with Crippen molar-refractivity contribution in [1.29, 1.82) is 0 Å². The van der Waals surface area contributed by atoms with E-state index in [1.807, 2.05) is 25.1 Å². The summed E-state index contributed by atoms with van der Waals surface area (Å²) in [5.74, 6) is -0.652. The SMILES string of the molecule is C[C@H](Cn1c(=O)oc2ccccc21)NC(=O)c1ccc2nsnc2c1. The third-order valence-corrected chi connectivity index (χ3v) is 4.48. The molecule has 8 heteroatoms. The number of carbonyl (C=O) groups is 1. The van der Waals surface area contributed by atoms with Gasteiger partial charge in [0.1, 0.15) is 11.0 Å². The number of benzene rings is 2. The van der Waals surface area contributed by atoms with Crippen LogP contribution >= 0.6 is 11.7 Å². The van der Waals surface area contributed by atoms with Gasteiger partial charge in [-0.15, -0.1) is 0 Å². The Bertz CT molecular complexity index is 1130. The van der Waals surface area contributed by atoms with Gasteiger partial charge in [-0.1, -0.05) is 12.1 Å². The Morgan fingerprint density at radius 2 is 2.04 bits per heavy atom. The lowest BCUT2D eigenvalue weighted by atomic mass is 10.1. The summed E-state index contributed by atoms with van der Waals surface area (Å²) >= 11 is 1.11. The van der Waals surface area contributed by atoms with E-state index in [9.17, 15) is 9.59 Å². The number of oxazole rings is 1. The molecule has 0 spiro atoms. The number of amides is 1. The molecule has 0 saturated carbocycles. The van der Waals surface area contributed by atoms with Crippen LogP contribution in [0.3, 0.4) is 0 Å². The second-order valence-electron chi connectivity index (χ2n) is 5.79. The molecule has 1 atom stereocenters. The first-order valence-electron chi connectivity index (χ1n) is 7.73. The summed E-state index contributed by atoms with van der Waals surface area (Å²) in [5, 5.41) is 2.90. The van der Waals surface area contributed by atoms with Crippen LogP contribution in [-0.4, -0.2) is 25.3 Å². The second kappa shape index (κ2) is 6.14. The zero-order chi connectivity index (χ0) is 17.4. The smallest absolute Gasteiger partial charge is 0.408 e. The molecule has 0 saturated heterocycles. The maximum atomic E-state index is 12.4. The number of hydrogen-bond acceptors (Lipinski definition) is 6. The van der Waals surface area contributed by atoms with Crippen molar-refractivity contribution in [2.75, 3.05) is 0 Å². The topological polar surface area (TPSA) is 90.0 Å². The Morgan fingerprint density at radius 1 is 1.24 bits per heavy atom. The van der Waals surface area contributed by atoms with Gasteiger partial charge in [-0.2, -0.15) is 8.75 Å². The molecule has 2 aromatic heterocycles. The average Bonchev–Trinajstić information content (AvgIpc) is 3.19. The summed E-state index contributed by atoms with van der Waals surface area (Å²) in [6, 6.07) is 12.2. The molecule has 1 amide bonds. The molecule has 0 bridgehead atoms. The summed E-state index contributed by atoms with van der Waals surface area (Å²) in [6.45, 7) is 2.16. The molecule has 126 valence electrons. The van der Waals surface area contributed by atoms with Gasteiger partial charge in [-0.25, -0.2) is 4.79 Å². The van der Waals surface area contributed by atoms with Crippen LogP contribution in [0.2, 0.25) is 0 Å². The fourth-order valence-electron chi connectivity index (χ4n) is 2.74. The van der Waals surface area contributed by atoms with Crippen LogP contribution in [0.5, 0.6) is 0 Å². The molecular formula is C17H14N4O3S. The lowest BCUT2D eigenvalue weighted by Crippen LogP contribution is -2.37. The number of hydrogen-bond donors (Lipinski definition) is 1. The fourth-order valence-corrected chi connectivity index (χ4v) is 3.25. The minimum atomic E-state index is -0.433. The molecule has 0 aliphatic heterocycles. The standard InChI is InChI=1S/C17H14N4O3S/c1-10(9-21-14-4-2-3-5-15(14)24-17(21)23)18-16(22)11-6-7-12-13(8-11)20-25-19-12/h2-8,10H,9H2,1H3,(H,18,22)/t10-/m1/s1. The maximum Gasteiger partial charge on any atom is 0.420 e. The van der Waals surface area contributed by atoms with E-state index >= 15 is 0 Å². The third kappa shape index (κ3) is 2.91. The Balaban J connectivity index is 1.53. The Morgan fingerprint density at radius 3 is 2.92 bits per heavy atom. The highest BCUT2D eigenvalue weighted by Gasteiger charge is 2.15. The van der Waals surface area contributed by atoms with Gasteiger partial charge in [-0.3, -0.25) is 9.36 Å².